The zero-order valence-electron chi connectivity index (χ0n) is 14.7. The number of aromatic nitrogens is 1. The van der Waals surface area contributed by atoms with E-state index in [1.807, 2.05) is 23.8 Å². The van der Waals surface area contributed by atoms with Crippen LogP contribution in [0.4, 0.5) is 0 Å². The molecule has 1 aromatic carbocycles. The van der Waals surface area contributed by atoms with Gasteiger partial charge >= 0.3 is 0 Å². The molecular formula is C20H22N2OS2. The molecule has 1 amide bonds. The number of aryl methyl sites for hydroxylation is 1. The van der Waals surface area contributed by atoms with Crippen molar-refractivity contribution in [3.63, 3.8) is 0 Å². The smallest absolute Gasteiger partial charge is 0.226 e. The van der Waals surface area contributed by atoms with Gasteiger partial charge in [0.05, 0.1) is 23.2 Å². The molecule has 2 aromatic heterocycles. The first kappa shape index (κ1) is 17.8. The van der Waals surface area contributed by atoms with Crippen molar-refractivity contribution in [2.24, 2.45) is 0 Å². The summed E-state index contributed by atoms with van der Waals surface area (Å²) in [5.41, 5.74) is 3.24. The van der Waals surface area contributed by atoms with Gasteiger partial charge in [-0.25, -0.2) is 4.98 Å². The topological polar surface area (TPSA) is 42.0 Å². The Labute approximate surface area is 156 Å². The fourth-order valence-corrected chi connectivity index (χ4v) is 4.13. The molecule has 0 unspecified atom stereocenters. The summed E-state index contributed by atoms with van der Waals surface area (Å²) in [6.45, 7) is 6.32. The molecule has 3 aromatic rings. The largest absolute Gasteiger partial charge is 0.344 e. The SMILES string of the molecule is Cc1nc(CC(=O)N[C@@H](c2ccc(C(C)C)cc2)c2cccs2)cs1. The molecule has 0 aliphatic carbocycles. The van der Waals surface area contributed by atoms with Gasteiger partial charge in [0.1, 0.15) is 0 Å². The Balaban J connectivity index is 1.79. The van der Waals surface area contributed by atoms with E-state index in [-0.39, 0.29) is 11.9 Å². The minimum Gasteiger partial charge on any atom is -0.344 e. The van der Waals surface area contributed by atoms with Crippen LogP contribution in [0.25, 0.3) is 0 Å². The van der Waals surface area contributed by atoms with E-state index in [0.717, 1.165) is 21.1 Å². The van der Waals surface area contributed by atoms with E-state index >= 15 is 0 Å². The number of carbonyl (C=O) groups is 1. The number of rotatable bonds is 6. The van der Waals surface area contributed by atoms with Crippen LogP contribution >= 0.6 is 22.7 Å². The van der Waals surface area contributed by atoms with E-state index in [2.05, 4.69) is 54.5 Å². The van der Waals surface area contributed by atoms with Crippen LogP contribution in [-0.2, 0) is 11.2 Å². The average molecular weight is 371 g/mol. The molecule has 0 radical (unpaired) electrons. The Morgan fingerprint density at radius 3 is 2.40 bits per heavy atom. The summed E-state index contributed by atoms with van der Waals surface area (Å²) in [6.07, 6.45) is 0.316. The zero-order valence-corrected chi connectivity index (χ0v) is 16.3. The first-order chi connectivity index (χ1) is 12.0. The number of amides is 1. The van der Waals surface area contributed by atoms with Gasteiger partial charge in [0.2, 0.25) is 5.91 Å². The molecule has 0 spiro atoms. The summed E-state index contributed by atoms with van der Waals surface area (Å²) < 4.78 is 0. The van der Waals surface area contributed by atoms with Crippen molar-refractivity contribution in [2.75, 3.05) is 0 Å². The molecule has 3 rings (SSSR count). The Kier molecular flexibility index (Phi) is 5.66. The molecule has 0 aliphatic heterocycles. The van der Waals surface area contributed by atoms with Crippen LogP contribution in [0.2, 0.25) is 0 Å². The zero-order chi connectivity index (χ0) is 17.8. The van der Waals surface area contributed by atoms with Crippen molar-refractivity contribution in [3.8, 4) is 0 Å². The lowest BCUT2D eigenvalue weighted by molar-refractivity contribution is -0.121. The van der Waals surface area contributed by atoms with E-state index in [9.17, 15) is 4.79 Å². The molecule has 2 heterocycles. The maximum absolute atomic E-state index is 12.5. The third-order valence-corrected chi connectivity index (χ3v) is 5.84. The number of nitrogens with zero attached hydrogens (tertiary/aromatic N) is 1. The molecule has 130 valence electrons. The number of thiazole rings is 1. The van der Waals surface area contributed by atoms with Gasteiger partial charge in [-0.05, 0) is 35.4 Å². The van der Waals surface area contributed by atoms with Crippen molar-refractivity contribution in [1.82, 2.24) is 10.3 Å². The van der Waals surface area contributed by atoms with Crippen molar-refractivity contribution in [3.05, 3.63) is 73.9 Å². The molecule has 0 bridgehead atoms. The van der Waals surface area contributed by atoms with E-state index in [1.54, 1.807) is 22.7 Å². The van der Waals surface area contributed by atoms with Gasteiger partial charge in [-0.1, -0.05) is 44.2 Å². The predicted molar refractivity (Wildman–Crippen MR) is 105 cm³/mol. The molecule has 0 fully saturated rings. The number of hydrogen-bond acceptors (Lipinski definition) is 4. The van der Waals surface area contributed by atoms with Gasteiger partial charge in [0, 0.05) is 10.3 Å². The molecule has 3 nitrogen and oxygen atoms in total. The van der Waals surface area contributed by atoms with Gasteiger partial charge in [0.15, 0.2) is 0 Å². The summed E-state index contributed by atoms with van der Waals surface area (Å²) in [4.78, 5) is 18.1. The number of thiophene rings is 1. The van der Waals surface area contributed by atoms with Crippen LogP contribution in [-0.4, -0.2) is 10.9 Å². The first-order valence-electron chi connectivity index (χ1n) is 8.36. The normalized spacial score (nSPS) is 12.3. The van der Waals surface area contributed by atoms with Gasteiger partial charge in [-0.15, -0.1) is 22.7 Å². The third-order valence-electron chi connectivity index (χ3n) is 4.08. The van der Waals surface area contributed by atoms with Gasteiger partial charge < -0.3 is 5.32 Å². The van der Waals surface area contributed by atoms with Crippen molar-refractivity contribution in [1.29, 1.82) is 0 Å². The van der Waals surface area contributed by atoms with E-state index in [1.165, 1.54) is 5.56 Å². The van der Waals surface area contributed by atoms with E-state index in [0.29, 0.717) is 12.3 Å². The number of carbonyl (C=O) groups excluding carboxylic acids is 1. The number of hydrogen-bond donors (Lipinski definition) is 1. The maximum atomic E-state index is 12.5. The molecule has 5 heteroatoms. The number of benzene rings is 1. The first-order valence-corrected chi connectivity index (χ1v) is 10.1. The molecule has 0 saturated heterocycles. The second-order valence-corrected chi connectivity index (χ2v) is 8.41. The minimum absolute atomic E-state index is 0.00311. The lowest BCUT2D eigenvalue weighted by Crippen LogP contribution is -2.30. The van der Waals surface area contributed by atoms with Crippen LogP contribution in [0.5, 0.6) is 0 Å². The van der Waals surface area contributed by atoms with E-state index in [4.69, 9.17) is 0 Å². The average Bonchev–Trinajstić information content (AvgIpc) is 3.25. The second kappa shape index (κ2) is 7.93. The lowest BCUT2D eigenvalue weighted by Gasteiger charge is -2.19. The predicted octanol–water partition coefficient (Wildman–Crippen LogP) is 5.08. The fourth-order valence-electron chi connectivity index (χ4n) is 2.71. The van der Waals surface area contributed by atoms with Gasteiger partial charge in [-0.3, -0.25) is 4.79 Å². The highest BCUT2D eigenvalue weighted by Gasteiger charge is 2.19. The minimum atomic E-state index is -0.117. The summed E-state index contributed by atoms with van der Waals surface area (Å²) in [6, 6.07) is 12.5. The summed E-state index contributed by atoms with van der Waals surface area (Å²) in [7, 11) is 0. The van der Waals surface area contributed by atoms with Crippen LogP contribution in [0.1, 0.15) is 52.5 Å². The molecule has 1 N–H and O–H groups in total. The van der Waals surface area contributed by atoms with Gasteiger partial charge in [0.25, 0.3) is 0 Å². The monoisotopic (exact) mass is 370 g/mol. The highest BCUT2D eigenvalue weighted by Crippen LogP contribution is 2.27. The van der Waals surface area contributed by atoms with Crippen LogP contribution in [0.3, 0.4) is 0 Å². The fraction of sp³-hybridized carbons (Fsp3) is 0.300. The van der Waals surface area contributed by atoms with Gasteiger partial charge in [-0.2, -0.15) is 0 Å². The van der Waals surface area contributed by atoms with Crippen LogP contribution < -0.4 is 5.32 Å². The molecule has 0 saturated carbocycles. The van der Waals surface area contributed by atoms with E-state index < -0.39 is 0 Å². The summed E-state index contributed by atoms with van der Waals surface area (Å²) >= 11 is 3.24. The van der Waals surface area contributed by atoms with Crippen LogP contribution in [0, 0.1) is 6.92 Å². The summed E-state index contributed by atoms with van der Waals surface area (Å²) in [5, 5.41) is 8.16. The molecule has 25 heavy (non-hydrogen) atoms. The lowest BCUT2D eigenvalue weighted by atomic mass is 9.98. The van der Waals surface area contributed by atoms with Crippen LogP contribution in [0.15, 0.2) is 47.2 Å². The Bertz CT molecular complexity index is 820. The number of nitrogens with one attached hydrogen (secondary N) is 1. The summed E-state index contributed by atoms with van der Waals surface area (Å²) in [5.74, 6) is 0.494. The Hall–Kier alpha value is -1.98. The maximum Gasteiger partial charge on any atom is 0.226 e. The highest BCUT2D eigenvalue weighted by molar-refractivity contribution is 7.10. The quantitative estimate of drug-likeness (QED) is 0.657. The van der Waals surface area contributed by atoms with Crippen molar-refractivity contribution < 1.29 is 4.79 Å². The highest BCUT2D eigenvalue weighted by atomic mass is 32.1. The molecule has 1 atom stereocenters. The second-order valence-electron chi connectivity index (χ2n) is 6.37. The third kappa shape index (κ3) is 4.55. The van der Waals surface area contributed by atoms with Crippen molar-refractivity contribution >= 4 is 28.6 Å². The standard InChI is InChI=1S/C20H22N2OS2/c1-13(2)15-6-8-16(9-7-15)20(18-5-4-10-24-18)22-19(23)11-17-12-25-14(3)21-17/h4-10,12-13,20H,11H2,1-3H3,(H,22,23)/t20-/m0/s1. The Morgan fingerprint density at radius 1 is 1.12 bits per heavy atom. The molecular weight excluding hydrogens is 348 g/mol. The molecule has 0 aliphatic rings. The van der Waals surface area contributed by atoms with Crippen molar-refractivity contribution in [2.45, 2.75) is 39.2 Å². The Morgan fingerprint density at radius 2 is 1.84 bits per heavy atom.